The summed E-state index contributed by atoms with van der Waals surface area (Å²) in [6.45, 7) is 3.91. The van der Waals surface area contributed by atoms with Crippen molar-refractivity contribution >= 4 is 17.5 Å². The highest BCUT2D eigenvalue weighted by Gasteiger charge is 2.16. The molecule has 0 unspecified atom stereocenters. The minimum Gasteiger partial charge on any atom is -0.506 e. The summed E-state index contributed by atoms with van der Waals surface area (Å²) in [5.74, 6) is 0.656. The minimum absolute atomic E-state index is 0.0123. The van der Waals surface area contributed by atoms with Gasteiger partial charge in [0.1, 0.15) is 11.6 Å². The number of imidazole rings is 1. The summed E-state index contributed by atoms with van der Waals surface area (Å²) in [6, 6.07) is 4.62. The van der Waals surface area contributed by atoms with Gasteiger partial charge in [0.05, 0.1) is 17.5 Å². The van der Waals surface area contributed by atoms with Crippen molar-refractivity contribution in [2.45, 2.75) is 32.7 Å². The molecular weight excluding hydrogens is 290 g/mol. The van der Waals surface area contributed by atoms with Crippen LogP contribution < -0.4 is 5.32 Å². The van der Waals surface area contributed by atoms with Gasteiger partial charge < -0.3 is 15.4 Å². The predicted octanol–water partition coefficient (Wildman–Crippen LogP) is 2.89. The average Bonchev–Trinajstić information content (AvgIpc) is 2.87. The van der Waals surface area contributed by atoms with Crippen molar-refractivity contribution in [2.24, 2.45) is 0 Å². The first-order chi connectivity index (χ1) is 9.99. The Hall–Kier alpha value is -2.01. The quantitative estimate of drug-likeness (QED) is 0.795. The highest BCUT2D eigenvalue weighted by Crippen LogP contribution is 2.24. The fourth-order valence-corrected chi connectivity index (χ4v) is 2.27. The van der Waals surface area contributed by atoms with Crippen LogP contribution in [0.1, 0.15) is 36.5 Å². The van der Waals surface area contributed by atoms with Crippen molar-refractivity contribution in [1.29, 1.82) is 0 Å². The molecular formula is C15H18ClN3O2. The monoisotopic (exact) mass is 307 g/mol. The molecule has 0 radical (unpaired) electrons. The van der Waals surface area contributed by atoms with Gasteiger partial charge >= 0.3 is 0 Å². The number of carbonyl (C=O) groups excluding carboxylic acids is 1. The average molecular weight is 308 g/mol. The van der Waals surface area contributed by atoms with Gasteiger partial charge in [-0.3, -0.25) is 4.79 Å². The molecule has 0 aliphatic carbocycles. The zero-order valence-electron chi connectivity index (χ0n) is 12.0. The number of halogens is 1. The standard InChI is InChI=1S/C15H18ClN3O2/c1-3-12(15-17-8-9(2)18-15)19-14(21)7-10-4-5-13(20)11(16)6-10/h4-6,8,12,20H,3,7H2,1-2H3,(H,17,18)(H,19,21)/t12-/m1/s1. The number of aromatic amines is 1. The topological polar surface area (TPSA) is 78.0 Å². The molecule has 21 heavy (non-hydrogen) atoms. The van der Waals surface area contributed by atoms with Gasteiger partial charge in [0.2, 0.25) is 5.91 Å². The van der Waals surface area contributed by atoms with Crippen molar-refractivity contribution in [3.8, 4) is 5.75 Å². The van der Waals surface area contributed by atoms with Crippen LogP contribution in [0.4, 0.5) is 0 Å². The summed E-state index contributed by atoms with van der Waals surface area (Å²) in [5.41, 5.74) is 1.71. The van der Waals surface area contributed by atoms with Gasteiger partial charge in [0, 0.05) is 11.9 Å². The van der Waals surface area contributed by atoms with E-state index in [1.807, 2.05) is 13.8 Å². The van der Waals surface area contributed by atoms with E-state index < -0.39 is 0 Å². The number of aryl methyl sites for hydroxylation is 1. The lowest BCUT2D eigenvalue weighted by Gasteiger charge is -2.15. The molecule has 1 aromatic carbocycles. The molecule has 0 spiro atoms. The second-order valence-corrected chi connectivity index (χ2v) is 5.35. The summed E-state index contributed by atoms with van der Waals surface area (Å²) >= 11 is 5.83. The van der Waals surface area contributed by atoms with E-state index in [0.717, 1.165) is 23.5 Å². The number of benzene rings is 1. The van der Waals surface area contributed by atoms with Crippen molar-refractivity contribution in [3.63, 3.8) is 0 Å². The number of aromatic hydroxyl groups is 1. The van der Waals surface area contributed by atoms with Crippen LogP contribution in [-0.4, -0.2) is 21.0 Å². The maximum absolute atomic E-state index is 12.1. The number of carbonyl (C=O) groups is 1. The van der Waals surface area contributed by atoms with Crippen LogP contribution in [-0.2, 0) is 11.2 Å². The molecule has 1 amide bonds. The van der Waals surface area contributed by atoms with Gasteiger partial charge in [0.15, 0.2) is 0 Å². The lowest BCUT2D eigenvalue weighted by Crippen LogP contribution is -2.30. The smallest absolute Gasteiger partial charge is 0.225 e. The van der Waals surface area contributed by atoms with E-state index in [2.05, 4.69) is 15.3 Å². The number of phenolic OH excluding ortho intramolecular Hbond substituents is 1. The number of hydrogen-bond acceptors (Lipinski definition) is 3. The van der Waals surface area contributed by atoms with E-state index in [1.165, 1.54) is 6.07 Å². The Kier molecular flexibility index (Phi) is 4.85. The molecule has 2 aromatic rings. The zero-order chi connectivity index (χ0) is 15.4. The van der Waals surface area contributed by atoms with Gasteiger partial charge in [-0.15, -0.1) is 0 Å². The van der Waals surface area contributed by atoms with Gasteiger partial charge in [0.25, 0.3) is 0 Å². The van der Waals surface area contributed by atoms with E-state index in [9.17, 15) is 9.90 Å². The van der Waals surface area contributed by atoms with Crippen LogP contribution in [0, 0.1) is 6.92 Å². The molecule has 0 aliphatic rings. The second kappa shape index (κ2) is 6.63. The largest absolute Gasteiger partial charge is 0.506 e. The number of rotatable bonds is 5. The third kappa shape index (κ3) is 3.98. The normalized spacial score (nSPS) is 12.1. The first-order valence-electron chi connectivity index (χ1n) is 6.78. The van der Waals surface area contributed by atoms with Gasteiger partial charge in [-0.2, -0.15) is 0 Å². The highest BCUT2D eigenvalue weighted by atomic mass is 35.5. The third-order valence-electron chi connectivity index (χ3n) is 3.17. The van der Waals surface area contributed by atoms with Crippen LogP contribution in [0.15, 0.2) is 24.4 Å². The molecule has 2 rings (SSSR count). The summed E-state index contributed by atoms with van der Waals surface area (Å²) in [5, 5.41) is 12.6. The van der Waals surface area contributed by atoms with Crippen molar-refractivity contribution in [3.05, 3.63) is 46.5 Å². The number of nitrogens with zero attached hydrogens (tertiary/aromatic N) is 1. The Labute approximate surface area is 128 Å². The number of amides is 1. The van der Waals surface area contributed by atoms with Crippen molar-refractivity contribution in [1.82, 2.24) is 15.3 Å². The highest BCUT2D eigenvalue weighted by molar-refractivity contribution is 6.32. The Morgan fingerprint density at radius 3 is 2.86 bits per heavy atom. The van der Waals surface area contributed by atoms with E-state index >= 15 is 0 Å². The van der Waals surface area contributed by atoms with Crippen LogP contribution in [0.25, 0.3) is 0 Å². The Morgan fingerprint density at radius 2 is 2.29 bits per heavy atom. The van der Waals surface area contributed by atoms with E-state index in [4.69, 9.17) is 11.6 Å². The Balaban J connectivity index is 2.01. The number of aromatic nitrogens is 2. The second-order valence-electron chi connectivity index (χ2n) is 4.94. The molecule has 0 saturated carbocycles. The number of nitrogens with one attached hydrogen (secondary N) is 2. The number of phenols is 1. The van der Waals surface area contributed by atoms with Crippen LogP contribution in [0.5, 0.6) is 5.75 Å². The fourth-order valence-electron chi connectivity index (χ4n) is 2.06. The van der Waals surface area contributed by atoms with Gasteiger partial charge in [-0.25, -0.2) is 4.98 Å². The fraction of sp³-hybridized carbons (Fsp3) is 0.333. The SMILES string of the molecule is CC[C@@H](NC(=O)Cc1ccc(O)c(Cl)c1)c1ncc(C)[nH]1. The van der Waals surface area contributed by atoms with Gasteiger partial charge in [-0.1, -0.05) is 24.6 Å². The Morgan fingerprint density at radius 1 is 1.52 bits per heavy atom. The summed E-state index contributed by atoms with van der Waals surface area (Å²) < 4.78 is 0. The molecule has 0 saturated heterocycles. The summed E-state index contributed by atoms with van der Waals surface area (Å²) in [7, 11) is 0. The lowest BCUT2D eigenvalue weighted by atomic mass is 10.1. The van der Waals surface area contributed by atoms with Crippen molar-refractivity contribution < 1.29 is 9.90 Å². The summed E-state index contributed by atoms with van der Waals surface area (Å²) in [4.78, 5) is 19.5. The molecule has 112 valence electrons. The zero-order valence-corrected chi connectivity index (χ0v) is 12.7. The van der Waals surface area contributed by atoms with Crippen LogP contribution >= 0.6 is 11.6 Å². The first kappa shape index (κ1) is 15.4. The Bertz CT molecular complexity index is 640. The summed E-state index contributed by atoms with van der Waals surface area (Å²) in [6.07, 6.45) is 2.69. The number of hydrogen-bond donors (Lipinski definition) is 3. The molecule has 0 aliphatic heterocycles. The number of H-pyrrole nitrogens is 1. The molecule has 1 aromatic heterocycles. The predicted molar refractivity (Wildman–Crippen MR) is 81.3 cm³/mol. The first-order valence-corrected chi connectivity index (χ1v) is 7.15. The molecule has 5 nitrogen and oxygen atoms in total. The van der Waals surface area contributed by atoms with Crippen LogP contribution in [0.3, 0.4) is 0 Å². The maximum Gasteiger partial charge on any atom is 0.225 e. The molecule has 0 fully saturated rings. The van der Waals surface area contributed by atoms with Crippen molar-refractivity contribution in [2.75, 3.05) is 0 Å². The van der Waals surface area contributed by atoms with E-state index in [-0.39, 0.29) is 29.1 Å². The van der Waals surface area contributed by atoms with E-state index in [0.29, 0.717) is 0 Å². The third-order valence-corrected chi connectivity index (χ3v) is 3.48. The molecule has 0 bridgehead atoms. The molecule has 3 N–H and O–H groups in total. The van der Waals surface area contributed by atoms with Gasteiger partial charge in [-0.05, 0) is 31.0 Å². The molecule has 1 atom stereocenters. The molecule has 6 heteroatoms. The molecule has 1 heterocycles. The lowest BCUT2D eigenvalue weighted by molar-refractivity contribution is -0.121. The minimum atomic E-state index is -0.140. The van der Waals surface area contributed by atoms with E-state index in [1.54, 1.807) is 18.3 Å². The maximum atomic E-state index is 12.1. The van der Waals surface area contributed by atoms with Crippen LogP contribution in [0.2, 0.25) is 5.02 Å².